The van der Waals surface area contributed by atoms with Gasteiger partial charge in [-0.3, -0.25) is 0 Å². The molecule has 128 valence electrons. The number of unbranched alkanes of at least 4 members (excludes halogenated alkanes) is 10. The molecule has 21 heavy (non-hydrogen) atoms. The van der Waals surface area contributed by atoms with Crippen LogP contribution in [-0.4, -0.2) is 22.5 Å². The van der Waals surface area contributed by atoms with Gasteiger partial charge in [0.2, 0.25) is 0 Å². The Bertz CT molecular complexity index is 200. The van der Waals surface area contributed by atoms with Gasteiger partial charge in [0.1, 0.15) is 0 Å². The molecule has 0 heterocycles. The zero-order valence-corrected chi connectivity index (χ0v) is 15.5. The van der Waals surface area contributed by atoms with Gasteiger partial charge in [-0.25, -0.2) is 0 Å². The second-order valence-electron chi connectivity index (χ2n) is 6.22. The van der Waals surface area contributed by atoms with Crippen LogP contribution >= 0.6 is 23.2 Å². The van der Waals surface area contributed by atoms with Crippen molar-refractivity contribution < 1.29 is 5.11 Å². The van der Waals surface area contributed by atoms with Crippen LogP contribution in [0.15, 0.2) is 0 Å². The summed E-state index contributed by atoms with van der Waals surface area (Å²) in [5, 5.41) is 8.99. The molecular weight excluding hydrogens is 303 g/mol. The first-order valence-electron chi connectivity index (χ1n) is 9.11. The maximum absolute atomic E-state index is 8.70. The lowest BCUT2D eigenvalue weighted by molar-refractivity contribution is 0.282. The summed E-state index contributed by atoms with van der Waals surface area (Å²) in [5.41, 5.74) is 0. The van der Waals surface area contributed by atoms with Gasteiger partial charge in [0.15, 0.2) is 0 Å². The molecule has 2 unspecified atom stereocenters. The molecule has 2 atom stereocenters. The Balaban J connectivity index is 3.34. The molecule has 0 radical (unpaired) electrons. The molecule has 0 saturated heterocycles. The highest BCUT2D eigenvalue weighted by Gasteiger charge is 2.15. The monoisotopic (exact) mass is 338 g/mol. The molecule has 0 aliphatic carbocycles. The van der Waals surface area contributed by atoms with Crippen molar-refractivity contribution in [2.45, 2.75) is 108 Å². The summed E-state index contributed by atoms with van der Waals surface area (Å²) in [6, 6.07) is 0. The van der Waals surface area contributed by atoms with Crippen molar-refractivity contribution in [1.82, 2.24) is 0 Å². The molecule has 3 heteroatoms. The van der Waals surface area contributed by atoms with Crippen LogP contribution in [0, 0.1) is 0 Å². The predicted octanol–water partition coefficient (Wildman–Crippen LogP) is 6.67. The first-order chi connectivity index (χ1) is 10.2. The van der Waals surface area contributed by atoms with Gasteiger partial charge < -0.3 is 5.11 Å². The van der Waals surface area contributed by atoms with Gasteiger partial charge in [0, 0.05) is 17.4 Å². The van der Waals surface area contributed by atoms with Crippen LogP contribution in [0.25, 0.3) is 0 Å². The van der Waals surface area contributed by atoms with Gasteiger partial charge in [0.25, 0.3) is 0 Å². The van der Waals surface area contributed by atoms with Gasteiger partial charge in [0.05, 0.1) is 0 Å². The zero-order valence-electron chi connectivity index (χ0n) is 14.0. The third-order valence-electron chi connectivity index (χ3n) is 4.11. The van der Waals surface area contributed by atoms with Crippen LogP contribution in [0.4, 0.5) is 0 Å². The number of aliphatic hydroxyl groups excluding tert-OH is 1. The second-order valence-corrected chi connectivity index (χ2v) is 7.34. The summed E-state index contributed by atoms with van der Waals surface area (Å²) >= 11 is 12.8. The smallest absolute Gasteiger partial charge is 0.0499 e. The highest BCUT2D eigenvalue weighted by molar-refractivity contribution is 6.29. The SMILES string of the molecule is CCCCCCCCC(Cl)C(Cl)CCCCCCCCO. The lowest BCUT2D eigenvalue weighted by Crippen LogP contribution is -2.14. The molecule has 0 bridgehead atoms. The maximum Gasteiger partial charge on any atom is 0.0499 e. The molecule has 0 aromatic rings. The number of halogens is 2. The summed E-state index contributed by atoms with van der Waals surface area (Å²) in [7, 11) is 0. The van der Waals surface area contributed by atoms with Gasteiger partial charge >= 0.3 is 0 Å². The predicted molar refractivity (Wildman–Crippen MR) is 96.7 cm³/mol. The Morgan fingerprint density at radius 3 is 1.43 bits per heavy atom. The first kappa shape index (κ1) is 21.5. The van der Waals surface area contributed by atoms with Crippen molar-refractivity contribution in [3.8, 4) is 0 Å². The molecule has 0 amide bonds. The van der Waals surface area contributed by atoms with Crippen LogP contribution in [0.3, 0.4) is 0 Å². The van der Waals surface area contributed by atoms with Crippen LogP contribution in [0.2, 0.25) is 0 Å². The fourth-order valence-electron chi connectivity index (χ4n) is 2.64. The number of hydrogen-bond donors (Lipinski definition) is 1. The van der Waals surface area contributed by atoms with Crippen molar-refractivity contribution in [3.05, 3.63) is 0 Å². The molecule has 0 aromatic heterocycles. The highest BCUT2D eigenvalue weighted by atomic mass is 35.5. The van der Waals surface area contributed by atoms with Crippen molar-refractivity contribution in [2.75, 3.05) is 6.61 Å². The Labute approximate surface area is 142 Å². The van der Waals surface area contributed by atoms with Gasteiger partial charge in [-0.15, -0.1) is 23.2 Å². The summed E-state index contributed by atoms with van der Waals surface area (Å²) in [6.45, 7) is 2.58. The van der Waals surface area contributed by atoms with E-state index in [0.29, 0.717) is 6.61 Å². The lowest BCUT2D eigenvalue weighted by Gasteiger charge is -2.16. The average molecular weight is 339 g/mol. The minimum absolute atomic E-state index is 0.139. The van der Waals surface area contributed by atoms with Crippen LogP contribution in [-0.2, 0) is 0 Å². The molecule has 0 aliphatic rings. The third kappa shape index (κ3) is 15.2. The molecule has 1 N–H and O–H groups in total. The van der Waals surface area contributed by atoms with E-state index in [9.17, 15) is 0 Å². The fourth-order valence-corrected chi connectivity index (χ4v) is 3.20. The van der Waals surface area contributed by atoms with Gasteiger partial charge in [-0.05, 0) is 19.3 Å². The van der Waals surface area contributed by atoms with Crippen LogP contribution in [0.5, 0.6) is 0 Å². The summed E-state index contributed by atoms with van der Waals surface area (Å²) in [4.78, 5) is 0. The fraction of sp³-hybridized carbons (Fsp3) is 1.00. The maximum atomic E-state index is 8.70. The minimum Gasteiger partial charge on any atom is -0.396 e. The highest BCUT2D eigenvalue weighted by Crippen LogP contribution is 2.23. The van der Waals surface area contributed by atoms with Crippen molar-refractivity contribution in [1.29, 1.82) is 0 Å². The van der Waals surface area contributed by atoms with Crippen LogP contribution in [0.1, 0.15) is 96.8 Å². The molecule has 0 fully saturated rings. The number of rotatable bonds is 16. The quantitative estimate of drug-likeness (QED) is 0.246. The molecule has 0 saturated carbocycles. The van der Waals surface area contributed by atoms with Gasteiger partial charge in [-0.1, -0.05) is 77.6 Å². The van der Waals surface area contributed by atoms with E-state index in [0.717, 1.165) is 25.7 Å². The second kappa shape index (κ2) is 16.9. The summed E-state index contributed by atoms with van der Waals surface area (Å²) < 4.78 is 0. The first-order valence-corrected chi connectivity index (χ1v) is 9.98. The Hall–Kier alpha value is 0.540. The molecular formula is C18H36Cl2O. The van der Waals surface area contributed by atoms with Crippen molar-refractivity contribution >= 4 is 23.2 Å². The topological polar surface area (TPSA) is 20.2 Å². The summed E-state index contributed by atoms with van der Waals surface area (Å²) in [5.74, 6) is 0. The Morgan fingerprint density at radius 2 is 1.00 bits per heavy atom. The average Bonchev–Trinajstić information content (AvgIpc) is 2.49. The van der Waals surface area contributed by atoms with E-state index in [1.54, 1.807) is 0 Å². The Morgan fingerprint density at radius 1 is 0.619 bits per heavy atom. The third-order valence-corrected chi connectivity index (χ3v) is 5.29. The van der Waals surface area contributed by atoms with E-state index in [2.05, 4.69) is 6.92 Å². The van der Waals surface area contributed by atoms with E-state index in [1.165, 1.54) is 64.2 Å². The van der Waals surface area contributed by atoms with E-state index in [4.69, 9.17) is 28.3 Å². The number of aliphatic hydroxyl groups is 1. The van der Waals surface area contributed by atoms with Crippen molar-refractivity contribution in [2.24, 2.45) is 0 Å². The van der Waals surface area contributed by atoms with E-state index >= 15 is 0 Å². The van der Waals surface area contributed by atoms with Crippen molar-refractivity contribution in [3.63, 3.8) is 0 Å². The minimum atomic E-state index is 0.139. The van der Waals surface area contributed by atoms with E-state index in [-0.39, 0.29) is 10.8 Å². The Kier molecular flexibility index (Phi) is 17.3. The largest absolute Gasteiger partial charge is 0.396 e. The summed E-state index contributed by atoms with van der Waals surface area (Å²) in [6.07, 6.45) is 17.0. The molecule has 0 spiro atoms. The van der Waals surface area contributed by atoms with E-state index in [1.807, 2.05) is 0 Å². The van der Waals surface area contributed by atoms with E-state index < -0.39 is 0 Å². The molecule has 0 aromatic carbocycles. The number of alkyl halides is 2. The zero-order chi connectivity index (χ0) is 15.8. The van der Waals surface area contributed by atoms with Gasteiger partial charge in [-0.2, -0.15) is 0 Å². The molecule has 0 aliphatic heterocycles. The normalized spacial score (nSPS) is 14.3. The molecule has 1 nitrogen and oxygen atoms in total. The lowest BCUT2D eigenvalue weighted by atomic mass is 10.0. The standard InChI is InChI=1S/C18H36Cl2O/c1-2-3-4-5-8-11-14-17(19)18(20)15-12-9-6-7-10-13-16-21/h17-18,21H,2-16H2,1H3. The number of hydrogen-bond acceptors (Lipinski definition) is 1. The van der Waals surface area contributed by atoms with Crippen LogP contribution < -0.4 is 0 Å². The molecule has 0 rings (SSSR count).